The van der Waals surface area contributed by atoms with Gasteiger partial charge in [0.15, 0.2) is 0 Å². The van der Waals surface area contributed by atoms with E-state index in [1.54, 1.807) is 26.0 Å². The Hall–Kier alpha value is -2.92. The lowest BCUT2D eigenvalue weighted by Crippen LogP contribution is -2.47. The highest BCUT2D eigenvalue weighted by Gasteiger charge is 2.23. The predicted molar refractivity (Wildman–Crippen MR) is 103 cm³/mol. The Kier molecular flexibility index (Phi) is 7.52. The highest BCUT2D eigenvalue weighted by molar-refractivity contribution is 7.15. The van der Waals surface area contributed by atoms with Gasteiger partial charge in [-0.1, -0.05) is 37.3 Å². The van der Waals surface area contributed by atoms with Gasteiger partial charge in [0, 0.05) is 31.6 Å². The number of nitrogens with one attached hydrogen (secondary N) is 2. The molecule has 1 aromatic heterocycles. The quantitative estimate of drug-likeness (QED) is 0.477. The topological polar surface area (TPSA) is 136 Å². The molecule has 28 heavy (non-hydrogen) atoms. The Morgan fingerprint density at radius 1 is 1.21 bits per heavy atom. The molecule has 0 aliphatic heterocycles. The largest absolute Gasteiger partial charge is 0.382 e. The number of ether oxygens (including phenoxy) is 1. The summed E-state index contributed by atoms with van der Waals surface area (Å²) in [5.41, 5.74) is 0.850. The van der Waals surface area contributed by atoms with Crippen LogP contribution >= 0.6 is 11.3 Å². The molecule has 0 bridgehead atoms. The summed E-state index contributed by atoms with van der Waals surface area (Å²) in [4.78, 5) is 34.5. The highest BCUT2D eigenvalue weighted by atomic mass is 32.1. The van der Waals surface area contributed by atoms with Gasteiger partial charge < -0.3 is 10.1 Å². The first-order chi connectivity index (χ1) is 13.3. The summed E-state index contributed by atoms with van der Waals surface area (Å²) in [6, 6.07) is 5.29. The van der Waals surface area contributed by atoms with Gasteiger partial charge in [0.05, 0.1) is 11.5 Å². The average molecular weight is 407 g/mol. The van der Waals surface area contributed by atoms with E-state index in [0.717, 1.165) is 5.56 Å². The zero-order valence-corrected chi connectivity index (χ0v) is 16.5. The van der Waals surface area contributed by atoms with Crippen LogP contribution in [0.25, 0.3) is 0 Å². The monoisotopic (exact) mass is 407 g/mol. The first-order valence-electron chi connectivity index (χ1n) is 8.46. The van der Waals surface area contributed by atoms with Gasteiger partial charge in [-0.15, -0.1) is 10.2 Å². The minimum Gasteiger partial charge on any atom is -0.382 e. The molecule has 11 heteroatoms. The van der Waals surface area contributed by atoms with Crippen molar-refractivity contribution >= 4 is 34.0 Å². The number of carbonyl (C=O) groups is 2. The van der Waals surface area contributed by atoms with E-state index >= 15 is 0 Å². The van der Waals surface area contributed by atoms with E-state index in [9.17, 15) is 19.7 Å². The van der Waals surface area contributed by atoms with Gasteiger partial charge in [0.2, 0.25) is 11.0 Å². The number of nitro groups is 1. The smallest absolute Gasteiger partial charge is 0.269 e. The molecule has 0 radical (unpaired) electrons. The molecule has 0 saturated carbocycles. The maximum absolute atomic E-state index is 12.4. The van der Waals surface area contributed by atoms with Crippen LogP contribution < -0.4 is 10.6 Å². The van der Waals surface area contributed by atoms with Crippen molar-refractivity contribution in [3.05, 3.63) is 45.0 Å². The molecule has 2 aromatic rings. The van der Waals surface area contributed by atoms with Gasteiger partial charge in [-0.25, -0.2) is 0 Å². The fourth-order valence-electron chi connectivity index (χ4n) is 2.17. The lowest BCUT2D eigenvalue weighted by Gasteiger charge is -2.17. The van der Waals surface area contributed by atoms with Crippen molar-refractivity contribution in [3.63, 3.8) is 0 Å². The minimum atomic E-state index is -0.845. The molecule has 2 amide bonds. The average Bonchev–Trinajstić information content (AvgIpc) is 3.08. The summed E-state index contributed by atoms with van der Waals surface area (Å²) in [6.07, 6.45) is 0.428. The van der Waals surface area contributed by atoms with Crippen LogP contribution in [-0.2, 0) is 20.7 Å². The molecular formula is C17H21N5O5S. The number of hydrogen-bond donors (Lipinski definition) is 2. The van der Waals surface area contributed by atoms with Crippen molar-refractivity contribution in [2.24, 2.45) is 5.92 Å². The molecule has 1 aromatic carbocycles. The molecule has 2 rings (SSSR count). The van der Waals surface area contributed by atoms with Crippen LogP contribution in [0.15, 0.2) is 24.3 Å². The third kappa shape index (κ3) is 6.06. The molecule has 1 unspecified atom stereocenters. The van der Waals surface area contributed by atoms with Crippen molar-refractivity contribution in [1.82, 2.24) is 15.5 Å². The standard InChI is InChI=1S/C17H21N5O5S/c1-10(2)15(23)18-13(9-27-3)16(24)19-17-21-20-14(28-17)8-11-4-6-12(7-5-11)22(25)26/h4-7,10,13H,8-9H2,1-3H3,(H,18,23)(H,19,21,24). The Morgan fingerprint density at radius 3 is 2.46 bits per heavy atom. The molecule has 2 N–H and O–H groups in total. The minimum absolute atomic E-state index is 0.0154. The maximum Gasteiger partial charge on any atom is 0.269 e. The molecule has 150 valence electrons. The SMILES string of the molecule is COCC(NC(=O)C(C)C)C(=O)Nc1nnc(Cc2ccc([N+](=O)[O-])cc2)s1. The van der Waals surface area contributed by atoms with E-state index in [0.29, 0.717) is 16.6 Å². The molecule has 1 atom stereocenters. The summed E-state index contributed by atoms with van der Waals surface area (Å²) in [5, 5.41) is 24.8. The number of methoxy groups -OCH3 is 1. The second-order valence-corrected chi connectivity index (χ2v) is 7.32. The summed E-state index contributed by atoms with van der Waals surface area (Å²) in [7, 11) is 1.44. The number of benzene rings is 1. The van der Waals surface area contributed by atoms with Gasteiger partial charge >= 0.3 is 0 Å². The summed E-state index contributed by atoms with van der Waals surface area (Å²) < 4.78 is 5.00. The first kappa shape index (κ1) is 21.4. The molecular weight excluding hydrogens is 386 g/mol. The Balaban J connectivity index is 1.99. The molecule has 0 aliphatic carbocycles. The molecule has 0 saturated heterocycles. The lowest BCUT2D eigenvalue weighted by atomic mass is 10.1. The van der Waals surface area contributed by atoms with Gasteiger partial charge in [-0.05, 0) is 5.56 Å². The fourth-order valence-corrected chi connectivity index (χ4v) is 2.94. The van der Waals surface area contributed by atoms with Crippen LogP contribution in [0.5, 0.6) is 0 Å². The molecule has 10 nitrogen and oxygen atoms in total. The van der Waals surface area contributed by atoms with E-state index in [1.807, 2.05) is 0 Å². The molecule has 1 heterocycles. The van der Waals surface area contributed by atoms with Gasteiger partial charge in [0.1, 0.15) is 11.0 Å². The van der Waals surface area contributed by atoms with E-state index in [2.05, 4.69) is 20.8 Å². The van der Waals surface area contributed by atoms with Gasteiger partial charge in [0.25, 0.3) is 11.6 Å². The second-order valence-electron chi connectivity index (χ2n) is 6.26. The van der Waals surface area contributed by atoms with Crippen molar-refractivity contribution in [2.75, 3.05) is 19.0 Å². The van der Waals surface area contributed by atoms with E-state index in [4.69, 9.17) is 4.74 Å². The number of carbonyl (C=O) groups excluding carboxylic acids is 2. The van der Waals surface area contributed by atoms with Crippen molar-refractivity contribution in [3.8, 4) is 0 Å². The number of amides is 2. The Morgan fingerprint density at radius 2 is 1.89 bits per heavy atom. The number of nitro benzene ring substituents is 1. The molecule has 0 spiro atoms. The number of aromatic nitrogens is 2. The van der Waals surface area contributed by atoms with Crippen LogP contribution in [0.2, 0.25) is 0 Å². The van der Waals surface area contributed by atoms with E-state index < -0.39 is 16.9 Å². The second kappa shape index (κ2) is 9.85. The Labute approximate surface area is 165 Å². The maximum atomic E-state index is 12.4. The first-order valence-corrected chi connectivity index (χ1v) is 9.27. The number of non-ortho nitro benzene ring substituents is 1. The number of hydrogen-bond acceptors (Lipinski definition) is 8. The Bertz CT molecular complexity index is 837. The predicted octanol–water partition coefficient (Wildman–Crippen LogP) is 1.76. The summed E-state index contributed by atoms with van der Waals surface area (Å²) in [5.74, 6) is -0.968. The van der Waals surface area contributed by atoms with Crippen LogP contribution in [0.1, 0.15) is 24.4 Å². The van der Waals surface area contributed by atoms with Crippen molar-refractivity contribution < 1.29 is 19.2 Å². The zero-order chi connectivity index (χ0) is 20.7. The summed E-state index contributed by atoms with van der Waals surface area (Å²) in [6.45, 7) is 3.48. The number of anilines is 1. The third-order valence-electron chi connectivity index (χ3n) is 3.69. The van der Waals surface area contributed by atoms with Gasteiger partial charge in [-0.2, -0.15) is 0 Å². The van der Waals surface area contributed by atoms with E-state index in [-0.39, 0.29) is 24.1 Å². The highest BCUT2D eigenvalue weighted by Crippen LogP contribution is 2.20. The van der Waals surface area contributed by atoms with Gasteiger partial charge in [-0.3, -0.25) is 25.0 Å². The molecule has 0 aliphatic rings. The van der Waals surface area contributed by atoms with Crippen LogP contribution in [-0.4, -0.2) is 46.7 Å². The van der Waals surface area contributed by atoms with Crippen molar-refractivity contribution in [1.29, 1.82) is 0 Å². The molecule has 0 fully saturated rings. The fraction of sp³-hybridized carbons (Fsp3) is 0.412. The van der Waals surface area contributed by atoms with Crippen molar-refractivity contribution in [2.45, 2.75) is 26.3 Å². The van der Waals surface area contributed by atoms with Crippen LogP contribution in [0.3, 0.4) is 0 Å². The number of nitrogens with zero attached hydrogens (tertiary/aromatic N) is 3. The lowest BCUT2D eigenvalue weighted by molar-refractivity contribution is -0.384. The van der Waals surface area contributed by atoms with Crippen LogP contribution in [0.4, 0.5) is 10.8 Å². The van der Waals surface area contributed by atoms with Crippen LogP contribution in [0, 0.1) is 16.0 Å². The van der Waals surface area contributed by atoms with E-state index in [1.165, 1.54) is 30.6 Å². The normalized spacial score (nSPS) is 11.9. The summed E-state index contributed by atoms with van der Waals surface area (Å²) >= 11 is 1.19. The number of rotatable bonds is 9. The third-order valence-corrected chi connectivity index (χ3v) is 4.53. The zero-order valence-electron chi connectivity index (χ0n) is 15.7.